The predicted octanol–water partition coefficient (Wildman–Crippen LogP) is 1.65. The number of carbonyl (C=O) groups is 1. The quantitative estimate of drug-likeness (QED) is 0.522. The minimum atomic E-state index is -0.552. The summed E-state index contributed by atoms with van der Waals surface area (Å²) in [5.74, 6) is 4.31. The third kappa shape index (κ3) is 3.46. The fraction of sp³-hybridized carbons (Fsp3) is 0.200. The molecule has 0 spiro atoms. The number of ether oxygens (including phenoxy) is 1. The number of esters is 1. The van der Waals surface area contributed by atoms with E-state index >= 15 is 0 Å². The molecule has 0 unspecified atom stereocenters. The Morgan fingerprint density at radius 2 is 2.43 bits per heavy atom. The number of hydrogen-bond acceptors (Lipinski definition) is 3. The van der Waals surface area contributed by atoms with Crippen LogP contribution in [0.15, 0.2) is 18.3 Å². The molecule has 0 saturated carbocycles. The van der Waals surface area contributed by atoms with Gasteiger partial charge in [-0.05, 0) is 25.0 Å². The van der Waals surface area contributed by atoms with Crippen LogP contribution in [0.2, 0.25) is 5.02 Å². The Labute approximate surface area is 87.1 Å². The average Bonchev–Trinajstić information content (AvgIpc) is 2.17. The minimum absolute atomic E-state index is 0.321. The van der Waals surface area contributed by atoms with Gasteiger partial charge >= 0.3 is 5.97 Å². The van der Waals surface area contributed by atoms with Crippen LogP contribution in [0.1, 0.15) is 12.6 Å². The maximum atomic E-state index is 10.8. The highest BCUT2D eigenvalue weighted by Gasteiger charge is 1.93. The molecule has 0 saturated heterocycles. The summed E-state index contributed by atoms with van der Waals surface area (Å²) in [5, 5.41) is 0.534. The van der Waals surface area contributed by atoms with Crippen molar-refractivity contribution in [2.24, 2.45) is 0 Å². The third-order valence-electron chi connectivity index (χ3n) is 1.30. The van der Waals surface area contributed by atoms with E-state index in [0.717, 1.165) is 0 Å². The number of halogens is 1. The standard InChI is InChI=1S/C10H8ClNO2/c1-2-14-10(13)6-5-9-4-3-8(11)7-12-9/h3-4,7H,2H2,1H3. The molecule has 0 aliphatic carbocycles. The van der Waals surface area contributed by atoms with Crippen LogP contribution in [0.25, 0.3) is 0 Å². The van der Waals surface area contributed by atoms with Crippen LogP contribution >= 0.6 is 11.6 Å². The van der Waals surface area contributed by atoms with Gasteiger partial charge in [-0.1, -0.05) is 11.6 Å². The maximum absolute atomic E-state index is 10.8. The van der Waals surface area contributed by atoms with Crippen molar-refractivity contribution in [2.75, 3.05) is 6.61 Å². The highest BCUT2D eigenvalue weighted by atomic mass is 35.5. The van der Waals surface area contributed by atoms with Gasteiger partial charge < -0.3 is 4.74 Å². The second kappa shape index (κ2) is 5.25. The normalized spacial score (nSPS) is 8.71. The molecule has 14 heavy (non-hydrogen) atoms. The van der Waals surface area contributed by atoms with E-state index in [0.29, 0.717) is 17.3 Å². The zero-order chi connectivity index (χ0) is 10.4. The van der Waals surface area contributed by atoms with Crippen LogP contribution in [0.5, 0.6) is 0 Å². The Balaban J connectivity index is 2.68. The Bertz CT molecular complexity index is 375. The monoisotopic (exact) mass is 209 g/mol. The Kier molecular flexibility index (Phi) is 3.96. The highest BCUT2D eigenvalue weighted by molar-refractivity contribution is 6.30. The molecule has 72 valence electrons. The Morgan fingerprint density at radius 3 is 3.00 bits per heavy atom. The molecule has 1 aromatic rings. The minimum Gasteiger partial charge on any atom is -0.456 e. The lowest BCUT2D eigenvalue weighted by Gasteiger charge is -1.91. The smallest absolute Gasteiger partial charge is 0.384 e. The lowest BCUT2D eigenvalue weighted by molar-refractivity contribution is -0.136. The molecule has 3 nitrogen and oxygen atoms in total. The van der Waals surface area contributed by atoms with Gasteiger partial charge in [-0.2, -0.15) is 0 Å². The first-order chi connectivity index (χ1) is 6.72. The van der Waals surface area contributed by atoms with E-state index in [2.05, 4.69) is 21.6 Å². The van der Waals surface area contributed by atoms with Gasteiger partial charge in [0.15, 0.2) is 0 Å². The molecule has 1 aromatic heterocycles. The summed E-state index contributed by atoms with van der Waals surface area (Å²) in [4.78, 5) is 14.7. The lowest BCUT2D eigenvalue weighted by Crippen LogP contribution is -1.99. The molecular weight excluding hydrogens is 202 g/mol. The molecule has 0 radical (unpaired) electrons. The SMILES string of the molecule is CCOC(=O)C#Cc1ccc(Cl)cn1. The van der Waals surface area contributed by atoms with Crippen molar-refractivity contribution >= 4 is 17.6 Å². The molecule has 0 aliphatic rings. The second-order valence-corrected chi connectivity index (χ2v) is 2.77. The van der Waals surface area contributed by atoms with Gasteiger partial charge in [0.05, 0.1) is 11.6 Å². The Hall–Kier alpha value is -1.53. The summed E-state index contributed by atoms with van der Waals surface area (Å²) in [6, 6.07) is 3.29. The van der Waals surface area contributed by atoms with Crippen molar-refractivity contribution in [1.29, 1.82) is 0 Å². The van der Waals surface area contributed by atoms with E-state index in [4.69, 9.17) is 11.6 Å². The maximum Gasteiger partial charge on any atom is 0.384 e. The summed E-state index contributed by atoms with van der Waals surface area (Å²) in [6.45, 7) is 2.04. The number of nitrogens with zero attached hydrogens (tertiary/aromatic N) is 1. The van der Waals surface area contributed by atoms with E-state index in [1.54, 1.807) is 19.1 Å². The van der Waals surface area contributed by atoms with E-state index < -0.39 is 5.97 Å². The number of carbonyl (C=O) groups excluding carboxylic acids is 1. The largest absolute Gasteiger partial charge is 0.456 e. The molecular formula is C10H8ClNO2. The molecule has 1 heterocycles. The van der Waals surface area contributed by atoms with Crippen LogP contribution in [0.3, 0.4) is 0 Å². The molecule has 0 aromatic carbocycles. The van der Waals surface area contributed by atoms with Crippen molar-refractivity contribution in [2.45, 2.75) is 6.92 Å². The Morgan fingerprint density at radius 1 is 1.64 bits per heavy atom. The summed E-state index contributed by atoms with van der Waals surface area (Å²) in [7, 11) is 0. The van der Waals surface area contributed by atoms with Gasteiger partial charge in [0.2, 0.25) is 0 Å². The van der Waals surface area contributed by atoms with Gasteiger partial charge in [-0.25, -0.2) is 9.78 Å². The molecule has 0 fully saturated rings. The molecule has 4 heteroatoms. The molecule has 0 N–H and O–H groups in total. The average molecular weight is 210 g/mol. The molecule has 0 aliphatic heterocycles. The van der Waals surface area contributed by atoms with Crippen molar-refractivity contribution in [3.8, 4) is 11.8 Å². The van der Waals surface area contributed by atoms with E-state index in [9.17, 15) is 4.79 Å². The van der Waals surface area contributed by atoms with Gasteiger partial charge in [0, 0.05) is 12.1 Å². The van der Waals surface area contributed by atoms with Crippen LogP contribution in [0, 0.1) is 11.8 Å². The summed E-state index contributed by atoms with van der Waals surface area (Å²) in [6.07, 6.45) is 1.47. The first-order valence-electron chi connectivity index (χ1n) is 4.02. The molecule has 0 amide bonds. The molecule has 0 atom stereocenters. The zero-order valence-electron chi connectivity index (χ0n) is 7.58. The van der Waals surface area contributed by atoms with E-state index in [1.165, 1.54) is 6.20 Å². The molecule has 1 rings (SSSR count). The first kappa shape index (κ1) is 10.6. The second-order valence-electron chi connectivity index (χ2n) is 2.33. The van der Waals surface area contributed by atoms with Gasteiger partial charge in [-0.15, -0.1) is 0 Å². The van der Waals surface area contributed by atoms with Gasteiger partial charge in [0.1, 0.15) is 5.69 Å². The van der Waals surface area contributed by atoms with E-state index in [1.807, 2.05) is 0 Å². The van der Waals surface area contributed by atoms with Crippen LogP contribution in [-0.2, 0) is 9.53 Å². The van der Waals surface area contributed by atoms with Crippen LogP contribution in [0.4, 0.5) is 0 Å². The first-order valence-corrected chi connectivity index (χ1v) is 4.40. The van der Waals surface area contributed by atoms with Crippen molar-refractivity contribution < 1.29 is 9.53 Å². The lowest BCUT2D eigenvalue weighted by atomic mass is 10.3. The van der Waals surface area contributed by atoms with Crippen molar-refractivity contribution in [3.63, 3.8) is 0 Å². The fourth-order valence-electron chi connectivity index (χ4n) is 0.732. The highest BCUT2D eigenvalue weighted by Crippen LogP contribution is 2.04. The van der Waals surface area contributed by atoms with Crippen LogP contribution < -0.4 is 0 Å². The zero-order valence-corrected chi connectivity index (χ0v) is 8.34. The number of hydrogen-bond donors (Lipinski definition) is 0. The number of pyridine rings is 1. The molecule has 0 bridgehead atoms. The van der Waals surface area contributed by atoms with Crippen molar-refractivity contribution in [3.05, 3.63) is 29.0 Å². The summed E-state index contributed by atoms with van der Waals surface area (Å²) >= 11 is 5.62. The summed E-state index contributed by atoms with van der Waals surface area (Å²) in [5.41, 5.74) is 0.488. The predicted molar refractivity (Wildman–Crippen MR) is 52.8 cm³/mol. The third-order valence-corrected chi connectivity index (χ3v) is 1.52. The number of aromatic nitrogens is 1. The topological polar surface area (TPSA) is 39.2 Å². The van der Waals surface area contributed by atoms with E-state index in [-0.39, 0.29) is 0 Å². The number of rotatable bonds is 1. The van der Waals surface area contributed by atoms with Gasteiger partial charge in [-0.3, -0.25) is 0 Å². The fourth-order valence-corrected chi connectivity index (χ4v) is 0.844. The summed E-state index contributed by atoms with van der Waals surface area (Å²) < 4.78 is 4.62. The van der Waals surface area contributed by atoms with Crippen molar-refractivity contribution in [1.82, 2.24) is 4.98 Å². The van der Waals surface area contributed by atoms with Crippen LogP contribution in [-0.4, -0.2) is 17.6 Å². The van der Waals surface area contributed by atoms with Gasteiger partial charge in [0.25, 0.3) is 0 Å².